The lowest BCUT2D eigenvalue weighted by molar-refractivity contribution is -0.116. The molecule has 1 amide bonds. The molecule has 0 radical (unpaired) electrons. The van der Waals surface area contributed by atoms with Gasteiger partial charge in [-0.2, -0.15) is 5.10 Å². The monoisotopic (exact) mass is 381 g/mol. The Bertz CT molecular complexity index is 1020. The number of aryl methyl sites for hydroxylation is 2. The van der Waals surface area contributed by atoms with Crippen molar-refractivity contribution in [2.45, 2.75) is 59.0 Å². The highest BCUT2D eigenvalue weighted by Gasteiger charge is 2.15. The molecular formula is C21H27N5O2. The van der Waals surface area contributed by atoms with Crippen LogP contribution < -0.4 is 10.9 Å². The predicted molar refractivity (Wildman–Crippen MR) is 110 cm³/mol. The van der Waals surface area contributed by atoms with Crippen LogP contribution in [-0.2, 0) is 11.3 Å². The van der Waals surface area contributed by atoms with Crippen molar-refractivity contribution in [3.63, 3.8) is 0 Å². The molecule has 28 heavy (non-hydrogen) atoms. The number of rotatable bonds is 8. The van der Waals surface area contributed by atoms with Gasteiger partial charge >= 0.3 is 0 Å². The number of fused-ring (bicyclic) bond motifs is 1. The first-order chi connectivity index (χ1) is 13.5. The van der Waals surface area contributed by atoms with Gasteiger partial charge in [-0.25, -0.2) is 9.67 Å². The Labute approximate surface area is 164 Å². The molecule has 1 aromatic carbocycles. The van der Waals surface area contributed by atoms with Crippen LogP contribution in [0.1, 0.15) is 51.3 Å². The highest BCUT2D eigenvalue weighted by atomic mass is 16.1. The van der Waals surface area contributed by atoms with Gasteiger partial charge in [0.15, 0.2) is 0 Å². The van der Waals surface area contributed by atoms with Gasteiger partial charge in [0.2, 0.25) is 5.91 Å². The van der Waals surface area contributed by atoms with E-state index < -0.39 is 0 Å². The lowest BCUT2D eigenvalue weighted by Crippen LogP contribution is -2.22. The second-order valence-corrected chi connectivity index (χ2v) is 7.00. The molecule has 0 aliphatic heterocycles. The maximum absolute atomic E-state index is 12.5. The highest BCUT2D eigenvalue weighted by molar-refractivity contribution is 5.89. The normalized spacial score (nSPS) is 11.3. The Morgan fingerprint density at radius 1 is 1.21 bits per heavy atom. The number of aromatic nitrogens is 4. The summed E-state index contributed by atoms with van der Waals surface area (Å²) < 4.78 is 3.47. The number of anilines is 1. The molecule has 148 valence electrons. The lowest BCUT2D eigenvalue weighted by Gasteiger charge is -2.17. The summed E-state index contributed by atoms with van der Waals surface area (Å²) in [5.41, 5.74) is 1.50. The van der Waals surface area contributed by atoms with Crippen LogP contribution in [0, 0.1) is 6.92 Å². The Kier molecular flexibility index (Phi) is 6.23. The summed E-state index contributed by atoms with van der Waals surface area (Å²) in [6.07, 6.45) is 4.35. The van der Waals surface area contributed by atoms with Gasteiger partial charge in [-0.1, -0.05) is 26.0 Å². The van der Waals surface area contributed by atoms with Crippen molar-refractivity contribution in [1.82, 2.24) is 19.3 Å². The van der Waals surface area contributed by atoms with E-state index in [1.165, 1.54) is 0 Å². The molecular weight excluding hydrogens is 354 g/mol. The number of para-hydroxylation sites is 1. The van der Waals surface area contributed by atoms with Gasteiger partial charge in [0.25, 0.3) is 5.56 Å². The highest BCUT2D eigenvalue weighted by Crippen LogP contribution is 2.22. The van der Waals surface area contributed by atoms with E-state index in [4.69, 9.17) is 0 Å². The predicted octanol–water partition coefficient (Wildman–Crippen LogP) is 3.68. The van der Waals surface area contributed by atoms with Gasteiger partial charge in [-0.3, -0.25) is 14.2 Å². The number of benzene rings is 1. The molecule has 0 bridgehead atoms. The number of nitrogens with one attached hydrogen (secondary N) is 1. The molecule has 3 aromatic rings. The molecule has 2 aromatic heterocycles. The van der Waals surface area contributed by atoms with Crippen molar-refractivity contribution in [1.29, 1.82) is 0 Å². The Hall–Kier alpha value is -2.96. The molecule has 0 saturated heterocycles. The number of hydrogen-bond acceptors (Lipinski definition) is 4. The summed E-state index contributed by atoms with van der Waals surface area (Å²) in [6.45, 7) is 6.61. The summed E-state index contributed by atoms with van der Waals surface area (Å²) in [6, 6.07) is 9.44. The fraction of sp³-hybridized carbons (Fsp3) is 0.429. The van der Waals surface area contributed by atoms with E-state index in [1.807, 2.05) is 35.9 Å². The van der Waals surface area contributed by atoms with Crippen LogP contribution in [0.25, 0.3) is 10.9 Å². The van der Waals surface area contributed by atoms with Gasteiger partial charge in [0.05, 0.1) is 29.0 Å². The molecule has 0 spiro atoms. The minimum absolute atomic E-state index is 0.0751. The molecule has 3 rings (SSSR count). The third-order valence-electron chi connectivity index (χ3n) is 4.95. The molecule has 0 aliphatic carbocycles. The minimum Gasteiger partial charge on any atom is -0.311 e. The summed E-state index contributed by atoms with van der Waals surface area (Å²) in [7, 11) is 0. The van der Waals surface area contributed by atoms with Crippen LogP contribution in [0.3, 0.4) is 0 Å². The van der Waals surface area contributed by atoms with Crippen molar-refractivity contribution in [2.24, 2.45) is 0 Å². The van der Waals surface area contributed by atoms with Crippen LogP contribution in [0.15, 0.2) is 41.5 Å². The lowest BCUT2D eigenvalue weighted by atomic mass is 10.2. The van der Waals surface area contributed by atoms with Gasteiger partial charge in [-0.05, 0) is 38.3 Å². The number of carbonyl (C=O) groups excluding carboxylic acids is 1. The van der Waals surface area contributed by atoms with Crippen LogP contribution in [0.4, 0.5) is 5.82 Å². The SMILES string of the molecule is CCC(CC)n1nc(C)cc1NC(=O)CCCn1cnc2ccccc2c1=O. The first-order valence-electron chi connectivity index (χ1n) is 9.83. The van der Waals surface area contributed by atoms with E-state index in [0.29, 0.717) is 30.3 Å². The van der Waals surface area contributed by atoms with E-state index in [-0.39, 0.29) is 17.5 Å². The largest absolute Gasteiger partial charge is 0.311 e. The Morgan fingerprint density at radius 2 is 1.96 bits per heavy atom. The summed E-state index contributed by atoms with van der Waals surface area (Å²) in [5.74, 6) is 0.662. The molecule has 1 N–H and O–H groups in total. The van der Waals surface area contributed by atoms with Crippen molar-refractivity contribution < 1.29 is 4.79 Å². The van der Waals surface area contributed by atoms with Crippen molar-refractivity contribution in [2.75, 3.05) is 5.32 Å². The van der Waals surface area contributed by atoms with Crippen molar-refractivity contribution in [3.05, 3.63) is 52.7 Å². The first-order valence-corrected chi connectivity index (χ1v) is 9.83. The zero-order valence-corrected chi connectivity index (χ0v) is 16.7. The second-order valence-electron chi connectivity index (χ2n) is 7.00. The van der Waals surface area contributed by atoms with Crippen molar-refractivity contribution in [3.8, 4) is 0 Å². The van der Waals surface area contributed by atoms with E-state index in [0.717, 1.165) is 24.4 Å². The molecule has 7 heteroatoms. The number of amides is 1. The molecule has 0 aliphatic rings. The second kappa shape index (κ2) is 8.82. The molecule has 0 unspecified atom stereocenters. The fourth-order valence-corrected chi connectivity index (χ4v) is 3.40. The van der Waals surface area contributed by atoms with E-state index in [9.17, 15) is 9.59 Å². The first kappa shape index (κ1) is 19.8. The Morgan fingerprint density at radius 3 is 2.71 bits per heavy atom. The smallest absolute Gasteiger partial charge is 0.261 e. The number of carbonyl (C=O) groups is 1. The van der Waals surface area contributed by atoms with E-state index >= 15 is 0 Å². The topological polar surface area (TPSA) is 81.8 Å². The number of nitrogens with zero attached hydrogens (tertiary/aromatic N) is 4. The standard InChI is InChI=1S/C21H27N5O2/c1-4-16(5-2)26-19(13-15(3)24-26)23-20(27)11-8-12-25-14-22-18-10-7-6-9-17(18)21(25)28/h6-7,9-10,13-14,16H,4-5,8,11-12H2,1-3H3,(H,23,27). The van der Waals surface area contributed by atoms with Crippen LogP contribution in [0.2, 0.25) is 0 Å². The fourth-order valence-electron chi connectivity index (χ4n) is 3.40. The van der Waals surface area contributed by atoms with Gasteiger partial charge in [0, 0.05) is 19.0 Å². The number of hydrogen-bond donors (Lipinski definition) is 1. The van der Waals surface area contributed by atoms with Crippen LogP contribution >= 0.6 is 0 Å². The minimum atomic E-state index is -0.0755. The quantitative estimate of drug-likeness (QED) is 0.645. The van der Waals surface area contributed by atoms with Crippen LogP contribution in [-0.4, -0.2) is 25.2 Å². The van der Waals surface area contributed by atoms with Crippen LogP contribution in [0.5, 0.6) is 0 Å². The van der Waals surface area contributed by atoms with Gasteiger partial charge < -0.3 is 5.32 Å². The van der Waals surface area contributed by atoms with Crippen molar-refractivity contribution >= 4 is 22.6 Å². The zero-order valence-electron chi connectivity index (χ0n) is 16.7. The molecule has 2 heterocycles. The molecule has 0 atom stereocenters. The van der Waals surface area contributed by atoms with Gasteiger partial charge in [0.1, 0.15) is 5.82 Å². The molecule has 0 saturated carbocycles. The summed E-state index contributed by atoms with van der Waals surface area (Å²) in [4.78, 5) is 29.2. The average Bonchev–Trinajstić information content (AvgIpc) is 3.04. The third kappa shape index (κ3) is 4.30. The van der Waals surface area contributed by atoms with Gasteiger partial charge in [-0.15, -0.1) is 0 Å². The average molecular weight is 381 g/mol. The Balaban J connectivity index is 1.61. The third-order valence-corrected chi connectivity index (χ3v) is 4.95. The summed E-state index contributed by atoms with van der Waals surface area (Å²) in [5, 5.41) is 8.09. The van der Waals surface area contributed by atoms with E-state index in [1.54, 1.807) is 17.0 Å². The molecule has 0 fully saturated rings. The zero-order chi connectivity index (χ0) is 20.1. The summed E-state index contributed by atoms with van der Waals surface area (Å²) >= 11 is 0. The molecule has 7 nitrogen and oxygen atoms in total. The van der Waals surface area contributed by atoms with E-state index in [2.05, 4.69) is 29.2 Å². The maximum atomic E-state index is 12.5. The maximum Gasteiger partial charge on any atom is 0.261 e.